The normalized spacial score (nSPS) is 14.8. The Kier molecular flexibility index (Phi) is 5.89. The summed E-state index contributed by atoms with van der Waals surface area (Å²) in [4.78, 5) is 27.8. The van der Waals surface area contributed by atoms with Crippen molar-refractivity contribution in [2.75, 3.05) is 13.1 Å². The lowest BCUT2D eigenvalue weighted by molar-refractivity contribution is -0.143. The first kappa shape index (κ1) is 18.0. The number of urea groups is 1. The summed E-state index contributed by atoms with van der Waals surface area (Å²) in [6, 6.07) is 19.8. The van der Waals surface area contributed by atoms with Crippen LogP contribution in [0.3, 0.4) is 0 Å². The molecule has 26 heavy (non-hydrogen) atoms. The highest BCUT2D eigenvalue weighted by Gasteiger charge is 2.29. The number of hydrogen-bond acceptors (Lipinski definition) is 2. The molecule has 5 nitrogen and oxygen atoms in total. The highest BCUT2D eigenvalue weighted by Crippen LogP contribution is 2.20. The monoisotopic (exact) mass is 352 g/mol. The number of aliphatic carboxylic acids is 1. The molecule has 0 atom stereocenters. The quantitative estimate of drug-likeness (QED) is 0.894. The molecular formula is C21H24N2O3. The SMILES string of the molecule is O=C(O)C1CCN(C(=O)N(Cc2ccccc2)Cc2ccccc2)CC1. The number of carbonyl (C=O) groups is 2. The third-order valence-electron chi connectivity index (χ3n) is 4.82. The summed E-state index contributed by atoms with van der Waals surface area (Å²) < 4.78 is 0. The van der Waals surface area contributed by atoms with Crippen LogP contribution in [0.25, 0.3) is 0 Å². The summed E-state index contributed by atoms with van der Waals surface area (Å²) in [6.45, 7) is 2.06. The van der Waals surface area contributed by atoms with Crippen molar-refractivity contribution in [3.8, 4) is 0 Å². The van der Waals surface area contributed by atoms with Gasteiger partial charge in [-0.15, -0.1) is 0 Å². The molecule has 1 N–H and O–H groups in total. The number of carboxylic acid groups (broad SMARTS) is 1. The number of carbonyl (C=O) groups excluding carboxylic acids is 1. The fraction of sp³-hybridized carbons (Fsp3) is 0.333. The van der Waals surface area contributed by atoms with Gasteiger partial charge in [-0.05, 0) is 24.0 Å². The van der Waals surface area contributed by atoms with E-state index in [0.717, 1.165) is 11.1 Å². The Morgan fingerprint density at radius 3 is 1.77 bits per heavy atom. The molecule has 1 saturated heterocycles. The number of hydrogen-bond donors (Lipinski definition) is 1. The Morgan fingerprint density at radius 1 is 0.885 bits per heavy atom. The number of amides is 2. The maximum atomic E-state index is 13.1. The fourth-order valence-electron chi connectivity index (χ4n) is 3.32. The van der Waals surface area contributed by atoms with Crippen molar-refractivity contribution in [3.63, 3.8) is 0 Å². The van der Waals surface area contributed by atoms with Crippen LogP contribution < -0.4 is 0 Å². The fourth-order valence-corrected chi connectivity index (χ4v) is 3.32. The summed E-state index contributed by atoms with van der Waals surface area (Å²) in [6.07, 6.45) is 1.04. The molecule has 0 bridgehead atoms. The summed E-state index contributed by atoms with van der Waals surface area (Å²) in [5.74, 6) is -1.10. The molecule has 2 aromatic carbocycles. The topological polar surface area (TPSA) is 60.9 Å². The maximum Gasteiger partial charge on any atom is 0.320 e. The van der Waals surface area contributed by atoms with Gasteiger partial charge >= 0.3 is 12.0 Å². The molecule has 5 heteroatoms. The van der Waals surface area contributed by atoms with Crippen molar-refractivity contribution in [1.82, 2.24) is 9.80 Å². The Hall–Kier alpha value is -2.82. The molecular weight excluding hydrogens is 328 g/mol. The molecule has 2 amide bonds. The zero-order valence-electron chi connectivity index (χ0n) is 14.8. The van der Waals surface area contributed by atoms with Crippen molar-refractivity contribution >= 4 is 12.0 Å². The smallest absolute Gasteiger partial charge is 0.320 e. The molecule has 3 rings (SSSR count). The van der Waals surface area contributed by atoms with Gasteiger partial charge in [0.2, 0.25) is 0 Å². The number of rotatable bonds is 5. The average molecular weight is 352 g/mol. The summed E-state index contributed by atoms with van der Waals surface area (Å²) >= 11 is 0. The molecule has 0 unspecified atom stereocenters. The van der Waals surface area contributed by atoms with E-state index in [1.165, 1.54) is 0 Å². The van der Waals surface area contributed by atoms with Crippen molar-refractivity contribution in [3.05, 3.63) is 71.8 Å². The zero-order valence-corrected chi connectivity index (χ0v) is 14.8. The molecule has 1 heterocycles. The highest BCUT2D eigenvalue weighted by atomic mass is 16.4. The standard InChI is InChI=1S/C21H24N2O3/c24-20(25)19-11-13-22(14-12-19)21(26)23(15-17-7-3-1-4-8-17)16-18-9-5-2-6-10-18/h1-10,19H,11-16H2,(H,24,25). The number of likely N-dealkylation sites (tertiary alicyclic amines) is 1. The molecule has 1 aliphatic heterocycles. The predicted octanol–water partition coefficient (Wildman–Crippen LogP) is 3.61. The van der Waals surface area contributed by atoms with Crippen LogP contribution >= 0.6 is 0 Å². The Bertz CT molecular complexity index is 684. The molecule has 1 aliphatic rings. The van der Waals surface area contributed by atoms with E-state index in [-0.39, 0.29) is 11.9 Å². The number of piperidine rings is 1. The van der Waals surface area contributed by atoms with Crippen molar-refractivity contribution in [1.29, 1.82) is 0 Å². The van der Waals surface area contributed by atoms with Gasteiger partial charge in [-0.2, -0.15) is 0 Å². The first-order chi connectivity index (χ1) is 12.6. The van der Waals surface area contributed by atoms with Crippen LogP contribution in [-0.4, -0.2) is 40.0 Å². The van der Waals surface area contributed by atoms with Gasteiger partial charge in [-0.25, -0.2) is 4.79 Å². The van der Waals surface area contributed by atoms with Crippen LogP contribution in [0, 0.1) is 5.92 Å². The molecule has 0 radical (unpaired) electrons. The lowest BCUT2D eigenvalue weighted by Gasteiger charge is -2.35. The van der Waals surface area contributed by atoms with E-state index < -0.39 is 5.97 Å². The zero-order chi connectivity index (χ0) is 18.4. The molecule has 0 aliphatic carbocycles. The van der Waals surface area contributed by atoms with Gasteiger partial charge in [0, 0.05) is 26.2 Å². The van der Waals surface area contributed by atoms with Crippen LogP contribution in [0.1, 0.15) is 24.0 Å². The van der Waals surface area contributed by atoms with E-state index in [4.69, 9.17) is 5.11 Å². The Balaban J connectivity index is 1.72. The largest absolute Gasteiger partial charge is 0.481 e. The van der Waals surface area contributed by atoms with E-state index in [0.29, 0.717) is 39.0 Å². The lowest BCUT2D eigenvalue weighted by atomic mass is 9.97. The lowest BCUT2D eigenvalue weighted by Crippen LogP contribution is -2.47. The van der Waals surface area contributed by atoms with E-state index in [1.54, 1.807) is 4.90 Å². The van der Waals surface area contributed by atoms with Gasteiger partial charge in [0.25, 0.3) is 0 Å². The minimum Gasteiger partial charge on any atom is -0.481 e. The van der Waals surface area contributed by atoms with Crippen LogP contribution in [-0.2, 0) is 17.9 Å². The first-order valence-electron chi connectivity index (χ1n) is 8.98. The Labute approximate surface area is 153 Å². The molecule has 0 spiro atoms. The molecule has 2 aromatic rings. The number of benzene rings is 2. The Morgan fingerprint density at radius 2 is 1.35 bits per heavy atom. The van der Waals surface area contributed by atoms with Gasteiger partial charge in [0.1, 0.15) is 0 Å². The van der Waals surface area contributed by atoms with Crippen molar-refractivity contribution in [2.24, 2.45) is 5.92 Å². The first-order valence-corrected chi connectivity index (χ1v) is 8.98. The van der Waals surface area contributed by atoms with Gasteiger partial charge in [0.05, 0.1) is 5.92 Å². The van der Waals surface area contributed by atoms with Crippen LogP contribution in [0.4, 0.5) is 4.79 Å². The van der Waals surface area contributed by atoms with Gasteiger partial charge in [-0.3, -0.25) is 4.79 Å². The van der Waals surface area contributed by atoms with E-state index in [9.17, 15) is 9.59 Å². The van der Waals surface area contributed by atoms with Gasteiger partial charge < -0.3 is 14.9 Å². The second-order valence-electron chi connectivity index (χ2n) is 6.71. The summed E-state index contributed by atoms with van der Waals surface area (Å²) in [7, 11) is 0. The number of nitrogens with zero attached hydrogens (tertiary/aromatic N) is 2. The maximum absolute atomic E-state index is 13.1. The minimum absolute atomic E-state index is 0.0263. The minimum atomic E-state index is -0.762. The average Bonchev–Trinajstić information content (AvgIpc) is 2.68. The molecule has 0 saturated carbocycles. The van der Waals surface area contributed by atoms with E-state index in [1.807, 2.05) is 65.6 Å². The van der Waals surface area contributed by atoms with Crippen LogP contribution in [0.15, 0.2) is 60.7 Å². The summed E-state index contributed by atoms with van der Waals surface area (Å²) in [5.41, 5.74) is 2.16. The van der Waals surface area contributed by atoms with Crippen molar-refractivity contribution in [2.45, 2.75) is 25.9 Å². The number of carboxylic acids is 1. The molecule has 1 fully saturated rings. The third kappa shape index (κ3) is 4.63. The second-order valence-corrected chi connectivity index (χ2v) is 6.71. The second kappa shape index (κ2) is 8.52. The predicted molar refractivity (Wildman–Crippen MR) is 99.5 cm³/mol. The van der Waals surface area contributed by atoms with Gasteiger partial charge in [0.15, 0.2) is 0 Å². The van der Waals surface area contributed by atoms with Gasteiger partial charge in [-0.1, -0.05) is 60.7 Å². The molecule has 0 aromatic heterocycles. The summed E-state index contributed by atoms with van der Waals surface area (Å²) in [5, 5.41) is 9.15. The van der Waals surface area contributed by atoms with Crippen LogP contribution in [0.5, 0.6) is 0 Å². The molecule has 136 valence electrons. The van der Waals surface area contributed by atoms with E-state index >= 15 is 0 Å². The van der Waals surface area contributed by atoms with Crippen LogP contribution in [0.2, 0.25) is 0 Å². The highest BCUT2D eigenvalue weighted by molar-refractivity contribution is 5.75. The van der Waals surface area contributed by atoms with E-state index in [2.05, 4.69) is 0 Å². The van der Waals surface area contributed by atoms with Crippen molar-refractivity contribution < 1.29 is 14.7 Å². The third-order valence-corrected chi connectivity index (χ3v) is 4.82.